The first kappa shape index (κ1) is 9.30. The van der Waals surface area contributed by atoms with Crippen molar-refractivity contribution in [2.75, 3.05) is 0 Å². The standard InChI is InChI=1S/C10H8FNOS/c11-8-3-1-7(2-4-8)10-12-9(5-13)6-14-10/h1-4,6,13H,5H2. The number of thiazole rings is 1. The van der Waals surface area contributed by atoms with E-state index in [0.29, 0.717) is 5.69 Å². The Labute approximate surface area is 84.7 Å². The zero-order valence-electron chi connectivity index (χ0n) is 7.27. The van der Waals surface area contributed by atoms with Gasteiger partial charge in [-0.3, -0.25) is 0 Å². The van der Waals surface area contributed by atoms with Crippen LogP contribution in [0.15, 0.2) is 29.6 Å². The molecule has 0 saturated carbocycles. The van der Waals surface area contributed by atoms with Crippen molar-refractivity contribution in [3.8, 4) is 10.6 Å². The first-order valence-electron chi connectivity index (χ1n) is 4.11. The Morgan fingerprint density at radius 3 is 2.57 bits per heavy atom. The predicted octanol–water partition coefficient (Wildman–Crippen LogP) is 2.44. The van der Waals surface area contributed by atoms with Gasteiger partial charge in [-0.25, -0.2) is 9.37 Å². The quantitative estimate of drug-likeness (QED) is 0.824. The fraction of sp³-hybridized carbons (Fsp3) is 0.100. The molecule has 1 heterocycles. The van der Waals surface area contributed by atoms with Gasteiger partial charge in [0.05, 0.1) is 12.3 Å². The summed E-state index contributed by atoms with van der Waals surface area (Å²) < 4.78 is 12.6. The van der Waals surface area contributed by atoms with Crippen LogP contribution in [0.25, 0.3) is 10.6 Å². The summed E-state index contributed by atoms with van der Waals surface area (Å²) in [4.78, 5) is 4.17. The van der Waals surface area contributed by atoms with Crippen LogP contribution in [0.5, 0.6) is 0 Å². The molecule has 0 saturated heterocycles. The largest absolute Gasteiger partial charge is 0.390 e. The summed E-state index contributed by atoms with van der Waals surface area (Å²) in [6.45, 7) is -0.0578. The molecule has 4 heteroatoms. The highest BCUT2D eigenvalue weighted by atomic mass is 32.1. The monoisotopic (exact) mass is 209 g/mol. The minimum absolute atomic E-state index is 0.0578. The molecule has 2 nitrogen and oxygen atoms in total. The molecule has 0 aliphatic carbocycles. The zero-order valence-corrected chi connectivity index (χ0v) is 8.09. The van der Waals surface area contributed by atoms with Gasteiger partial charge in [-0.1, -0.05) is 0 Å². The molecular formula is C10H8FNOS. The fourth-order valence-electron chi connectivity index (χ4n) is 1.10. The Balaban J connectivity index is 2.34. The second-order valence-corrected chi connectivity index (χ2v) is 3.67. The van der Waals surface area contributed by atoms with Gasteiger partial charge in [0.1, 0.15) is 10.8 Å². The summed E-state index contributed by atoms with van der Waals surface area (Å²) in [5.41, 5.74) is 1.52. The van der Waals surface area contributed by atoms with Gasteiger partial charge in [0.2, 0.25) is 0 Å². The van der Waals surface area contributed by atoms with Crippen molar-refractivity contribution in [3.63, 3.8) is 0 Å². The maximum absolute atomic E-state index is 12.6. The maximum atomic E-state index is 12.6. The fourth-order valence-corrected chi connectivity index (χ4v) is 1.92. The SMILES string of the molecule is OCc1csc(-c2ccc(F)cc2)n1. The van der Waals surface area contributed by atoms with E-state index in [1.165, 1.54) is 23.5 Å². The highest BCUT2D eigenvalue weighted by Gasteiger charge is 2.03. The van der Waals surface area contributed by atoms with Crippen molar-refractivity contribution in [1.29, 1.82) is 0 Å². The number of aliphatic hydroxyl groups excluding tert-OH is 1. The lowest BCUT2D eigenvalue weighted by atomic mass is 10.2. The van der Waals surface area contributed by atoms with Gasteiger partial charge < -0.3 is 5.11 Å². The first-order chi connectivity index (χ1) is 6.79. The molecule has 1 aromatic carbocycles. The number of aromatic nitrogens is 1. The lowest BCUT2D eigenvalue weighted by molar-refractivity contribution is 0.278. The van der Waals surface area contributed by atoms with Crippen LogP contribution in [0.1, 0.15) is 5.69 Å². The number of nitrogens with zero attached hydrogens (tertiary/aromatic N) is 1. The van der Waals surface area contributed by atoms with Gasteiger partial charge in [0.25, 0.3) is 0 Å². The van der Waals surface area contributed by atoms with Crippen LogP contribution in [-0.4, -0.2) is 10.1 Å². The number of rotatable bonds is 2. The van der Waals surface area contributed by atoms with Gasteiger partial charge in [-0.05, 0) is 24.3 Å². The second kappa shape index (κ2) is 3.86. The van der Waals surface area contributed by atoms with Crippen LogP contribution < -0.4 is 0 Å². The van der Waals surface area contributed by atoms with Gasteiger partial charge in [0.15, 0.2) is 0 Å². The molecule has 2 rings (SSSR count). The number of hydrogen-bond acceptors (Lipinski definition) is 3. The normalized spacial score (nSPS) is 10.4. The summed E-state index contributed by atoms with van der Waals surface area (Å²) >= 11 is 1.44. The van der Waals surface area contributed by atoms with Crippen LogP contribution >= 0.6 is 11.3 Å². The molecule has 0 atom stereocenters. The van der Waals surface area contributed by atoms with Gasteiger partial charge in [-0.2, -0.15) is 0 Å². The highest BCUT2D eigenvalue weighted by molar-refractivity contribution is 7.13. The molecule has 0 aliphatic rings. The molecule has 0 unspecified atom stereocenters. The third-order valence-electron chi connectivity index (χ3n) is 1.80. The molecule has 0 aliphatic heterocycles. The molecular weight excluding hydrogens is 201 g/mol. The summed E-state index contributed by atoms with van der Waals surface area (Å²) in [6, 6.07) is 6.15. The van der Waals surface area contributed by atoms with E-state index in [4.69, 9.17) is 5.11 Å². The van der Waals surface area contributed by atoms with Gasteiger partial charge in [-0.15, -0.1) is 11.3 Å². The van der Waals surface area contributed by atoms with E-state index < -0.39 is 0 Å². The average Bonchev–Trinajstić information content (AvgIpc) is 2.67. The van der Waals surface area contributed by atoms with Crippen LogP contribution in [0, 0.1) is 5.82 Å². The van der Waals surface area contributed by atoms with Crippen LogP contribution in [0.2, 0.25) is 0 Å². The van der Waals surface area contributed by atoms with E-state index in [0.717, 1.165) is 10.6 Å². The molecule has 1 N–H and O–H groups in total. The summed E-state index contributed by atoms with van der Waals surface area (Å²) in [5, 5.41) is 11.4. The minimum Gasteiger partial charge on any atom is -0.390 e. The van der Waals surface area contributed by atoms with Crippen LogP contribution in [-0.2, 0) is 6.61 Å². The Bertz CT molecular complexity index is 424. The third kappa shape index (κ3) is 1.81. The Morgan fingerprint density at radius 2 is 2.00 bits per heavy atom. The topological polar surface area (TPSA) is 33.1 Å². The van der Waals surface area contributed by atoms with Crippen LogP contribution in [0.4, 0.5) is 4.39 Å². The van der Waals surface area contributed by atoms with Crippen LogP contribution in [0.3, 0.4) is 0 Å². The molecule has 0 spiro atoms. The first-order valence-corrected chi connectivity index (χ1v) is 4.99. The summed E-state index contributed by atoms with van der Waals surface area (Å²) in [6.07, 6.45) is 0. The molecule has 0 bridgehead atoms. The number of halogens is 1. The van der Waals surface area contributed by atoms with Gasteiger partial charge >= 0.3 is 0 Å². The smallest absolute Gasteiger partial charge is 0.123 e. The van der Waals surface area contributed by atoms with E-state index in [-0.39, 0.29) is 12.4 Å². The molecule has 0 radical (unpaired) electrons. The summed E-state index contributed by atoms with van der Waals surface area (Å²) in [5.74, 6) is -0.257. The van der Waals surface area contributed by atoms with Crippen molar-refractivity contribution in [2.24, 2.45) is 0 Å². The van der Waals surface area contributed by atoms with Crippen molar-refractivity contribution in [3.05, 3.63) is 41.2 Å². The Kier molecular flexibility index (Phi) is 2.56. The predicted molar refractivity (Wildman–Crippen MR) is 53.4 cm³/mol. The summed E-state index contributed by atoms with van der Waals surface area (Å²) in [7, 11) is 0. The second-order valence-electron chi connectivity index (χ2n) is 2.81. The minimum atomic E-state index is -0.257. The van der Waals surface area contributed by atoms with Crippen molar-refractivity contribution in [2.45, 2.75) is 6.61 Å². The molecule has 0 fully saturated rings. The van der Waals surface area contributed by atoms with Gasteiger partial charge in [0, 0.05) is 10.9 Å². The highest BCUT2D eigenvalue weighted by Crippen LogP contribution is 2.23. The lowest BCUT2D eigenvalue weighted by Crippen LogP contribution is -1.82. The maximum Gasteiger partial charge on any atom is 0.123 e. The molecule has 14 heavy (non-hydrogen) atoms. The molecule has 0 amide bonds. The number of benzene rings is 1. The molecule has 72 valence electrons. The van der Waals surface area contributed by atoms with E-state index in [1.807, 2.05) is 0 Å². The number of hydrogen-bond donors (Lipinski definition) is 1. The number of aliphatic hydroxyl groups is 1. The van der Waals surface area contributed by atoms with Crippen molar-refractivity contribution < 1.29 is 9.50 Å². The average molecular weight is 209 g/mol. The Morgan fingerprint density at radius 1 is 1.29 bits per heavy atom. The lowest BCUT2D eigenvalue weighted by Gasteiger charge is -1.94. The third-order valence-corrected chi connectivity index (χ3v) is 2.75. The van der Waals surface area contributed by atoms with Crippen molar-refractivity contribution >= 4 is 11.3 Å². The molecule has 2 aromatic rings. The zero-order chi connectivity index (χ0) is 9.97. The van der Waals surface area contributed by atoms with E-state index in [2.05, 4.69) is 4.98 Å². The van der Waals surface area contributed by atoms with E-state index in [1.54, 1.807) is 17.5 Å². The van der Waals surface area contributed by atoms with E-state index >= 15 is 0 Å². The Hall–Kier alpha value is -1.26. The molecule has 1 aromatic heterocycles. The van der Waals surface area contributed by atoms with E-state index in [9.17, 15) is 4.39 Å². The van der Waals surface area contributed by atoms with Crippen molar-refractivity contribution in [1.82, 2.24) is 4.98 Å².